The number of sulfonamides is 1. The third-order valence-electron chi connectivity index (χ3n) is 5.50. The summed E-state index contributed by atoms with van der Waals surface area (Å²) in [6.07, 6.45) is -6.62. The minimum Gasteiger partial charge on any atom is -0.272 e. The Labute approximate surface area is 225 Å². The molecule has 1 aromatic heterocycles. The number of nitrogens with one attached hydrogen (secondary N) is 1. The van der Waals surface area contributed by atoms with E-state index in [1.165, 1.54) is 35.2 Å². The predicted octanol–water partition coefficient (Wildman–Crippen LogP) is 4.23. The van der Waals surface area contributed by atoms with Crippen LogP contribution in [0.3, 0.4) is 0 Å². The Morgan fingerprint density at radius 3 is 2.38 bits per heavy atom. The van der Waals surface area contributed by atoms with Gasteiger partial charge < -0.3 is 0 Å². The van der Waals surface area contributed by atoms with Crippen molar-refractivity contribution in [3.05, 3.63) is 69.8 Å². The number of amides is 3. The topological polar surface area (TPSA) is 118 Å². The second-order valence-corrected chi connectivity index (χ2v) is 11.3. The second kappa shape index (κ2) is 10.3. The molecule has 0 unspecified atom stereocenters. The largest absolute Gasteiger partial charge is 0.416 e. The Bertz CT molecular complexity index is 1680. The lowest BCUT2D eigenvalue weighted by molar-refractivity contribution is -0.143. The average Bonchev–Trinajstić information content (AvgIpc) is 3.32. The van der Waals surface area contributed by atoms with Crippen LogP contribution in [-0.4, -0.2) is 53.0 Å². The fraction of sp³-hybridized carbons (Fsp3) is 0.217. The van der Waals surface area contributed by atoms with Gasteiger partial charge >= 0.3 is 12.4 Å². The summed E-state index contributed by atoms with van der Waals surface area (Å²) >= 11 is 0.517. The molecule has 0 atom stereocenters. The summed E-state index contributed by atoms with van der Waals surface area (Å²) in [7, 11) is -3.90. The van der Waals surface area contributed by atoms with Crippen LogP contribution in [0.5, 0.6) is 0 Å². The molecule has 9 nitrogen and oxygen atoms in total. The van der Waals surface area contributed by atoms with Gasteiger partial charge in [0, 0.05) is 5.39 Å². The van der Waals surface area contributed by atoms with Crippen molar-refractivity contribution in [3.8, 4) is 0 Å². The van der Waals surface area contributed by atoms with Crippen LogP contribution in [0.15, 0.2) is 47.5 Å². The van der Waals surface area contributed by atoms with Crippen LogP contribution >= 0.6 is 11.8 Å². The van der Waals surface area contributed by atoms with E-state index >= 15 is 0 Å². The highest BCUT2D eigenvalue weighted by Gasteiger charge is 2.39. The zero-order chi connectivity index (χ0) is 29.6. The molecule has 17 heteroatoms. The number of imide groups is 1. The van der Waals surface area contributed by atoms with E-state index < -0.39 is 69.2 Å². The third kappa shape index (κ3) is 6.47. The Morgan fingerprint density at radius 2 is 1.75 bits per heavy atom. The maximum absolute atomic E-state index is 13.5. The van der Waals surface area contributed by atoms with Crippen LogP contribution < -0.4 is 4.72 Å². The summed E-state index contributed by atoms with van der Waals surface area (Å²) in [5.74, 6) is -1.92. The number of thioether (sulfide) groups is 1. The first-order chi connectivity index (χ1) is 18.4. The molecule has 0 spiro atoms. The molecule has 212 valence electrons. The van der Waals surface area contributed by atoms with Crippen LogP contribution in [0.25, 0.3) is 17.0 Å². The summed E-state index contributed by atoms with van der Waals surface area (Å²) in [5.41, 5.74) is -2.56. The van der Waals surface area contributed by atoms with E-state index in [9.17, 15) is 49.1 Å². The van der Waals surface area contributed by atoms with Crippen molar-refractivity contribution in [2.75, 3.05) is 12.8 Å². The number of hydrogen-bond donors (Lipinski definition) is 1. The SMILES string of the molecule is CS(=O)(=O)NC(=O)CN1C(=O)SC(=Cc2ccc3c(cnn3Cc3ccc(C(F)(F)F)cc3C(F)(F)F)c2)C1=O. The molecule has 1 N–H and O–H groups in total. The molecule has 2 aromatic carbocycles. The number of halogens is 6. The number of carbonyl (C=O) groups is 3. The highest BCUT2D eigenvalue weighted by atomic mass is 32.2. The molecular weight excluding hydrogens is 590 g/mol. The van der Waals surface area contributed by atoms with Gasteiger partial charge in [-0.15, -0.1) is 0 Å². The monoisotopic (exact) mass is 606 g/mol. The van der Waals surface area contributed by atoms with Crippen molar-refractivity contribution in [1.82, 2.24) is 19.4 Å². The standard InChI is InChI=1S/C23H16F6N4O5S2/c1-40(37,38)31-19(34)11-32-20(35)18(39-21(32)36)7-12-2-5-17-14(6-12)9-30-33(17)10-13-3-4-15(22(24,25)26)8-16(13)23(27,28)29/h2-9H,10-11H2,1H3,(H,31,34). The molecule has 1 aliphatic heterocycles. The predicted molar refractivity (Wildman–Crippen MR) is 131 cm³/mol. The fourth-order valence-electron chi connectivity index (χ4n) is 3.81. The first-order valence-electron chi connectivity index (χ1n) is 10.9. The Kier molecular flexibility index (Phi) is 7.48. The molecule has 0 aliphatic carbocycles. The molecule has 0 radical (unpaired) electrons. The van der Waals surface area contributed by atoms with Crippen LogP contribution in [0.1, 0.15) is 22.3 Å². The van der Waals surface area contributed by atoms with Gasteiger partial charge in [0.1, 0.15) is 6.54 Å². The molecule has 4 rings (SSSR count). The normalized spacial score (nSPS) is 15.9. The lowest BCUT2D eigenvalue weighted by atomic mass is 10.0. The van der Waals surface area contributed by atoms with Crippen LogP contribution in [-0.2, 0) is 38.5 Å². The zero-order valence-corrected chi connectivity index (χ0v) is 21.6. The maximum Gasteiger partial charge on any atom is 0.416 e. The van der Waals surface area contributed by atoms with E-state index in [0.29, 0.717) is 39.2 Å². The number of alkyl halides is 6. The number of benzene rings is 2. The summed E-state index contributed by atoms with van der Waals surface area (Å²) in [5, 5.41) is 3.65. The molecule has 1 fully saturated rings. The number of aromatic nitrogens is 2. The van der Waals surface area contributed by atoms with Gasteiger partial charge in [0.15, 0.2) is 0 Å². The molecule has 3 aromatic rings. The minimum absolute atomic E-state index is 0.0526. The first-order valence-corrected chi connectivity index (χ1v) is 13.6. The van der Waals surface area contributed by atoms with Crippen molar-refractivity contribution in [2.45, 2.75) is 18.9 Å². The van der Waals surface area contributed by atoms with E-state index in [4.69, 9.17) is 0 Å². The van der Waals surface area contributed by atoms with E-state index in [0.717, 1.165) is 12.3 Å². The summed E-state index contributed by atoms with van der Waals surface area (Å²) < 4.78 is 105. The number of fused-ring (bicyclic) bond motifs is 1. The van der Waals surface area contributed by atoms with Gasteiger partial charge in [-0.1, -0.05) is 12.1 Å². The Balaban J connectivity index is 1.57. The van der Waals surface area contributed by atoms with Crippen molar-refractivity contribution in [3.63, 3.8) is 0 Å². The van der Waals surface area contributed by atoms with Gasteiger partial charge in [-0.3, -0.25) is 28.7 Å². The van der Waals surface area contributed by atoms with Gasteiger partial charge in [-0.25, -0.2) is 8.42 Å². The highest BCUT2D eigenvalue weighted by molar-refractivity contribution is 8.18. The fourth-order valence-corrected chi connectivity index (χ4v) is 5.12. The molecule has 0 bridgehead atoms. The van der Waals surface area contributed by atoms with Crippen LogP contribution in [0, 0.1) is 0 Å². The van der Waals surface area contributed by atoms with Gasteiger partial charge in [-0.2, -0.15) is 31.4 Å². The second-order valence-electron chi connectivity index (χ2n) is 8.55. The summed E-state index contributed by atoms with van der Waals surface area (Å²) in [6.45, 7) is -1.30. The molecule has 0 saturated carbocycles. The molecule has 1 saturated heterocycles. The molecule has 1 aliphatic rings. The van der Waals surface area contributed by atoms with Crippen molar-refractivity contribution < 1.29 is 49.1 Å². The number of rotatable bonds is 6. The molecule has 2 heterocycles. The first kappa shape index (κ1) is 29.1. The Morgan fingerprint density at radius 1 is 1.05 bits per heavy atom. The lowest BCUT2D eigenvalue weighted by Crippen LogP contribution is -2.41. The average molecular weight is 607 g/mol. The van der Waals surface area contributed by atoms with Gasteiger partial charge in [0.25, 0.3) is 17.1 Å². The summed E-state index contributed by atoms with van der Waals surface area (Å²) in [4.78, 5) is 37.1. The maximum atomic E-state index is 13.5. The van der Waals surface area contributed by atoms with Gasteiger partial charge in [0.05, 0.1) is 40.5 Å². The van der Waals surface area contributed by atoms with Gasteiger partial charge in [0.2, 0.25) is 10.0 Å². The highest BCUT2D eigenvalue weighted by Crippen LogP contribution is 2.38. The van der Waals surface area contributed by atoms with Crippen molar-refractivity contribution in [1.29, 1.82) is 0 Å². The van der Waals surface area contributed by atoms with E-state index in [-0.39, 0.29) is 11.0 Å². The third-order valence-corrected chi connectivity index (χ3v) is 7.01. The van der Waals surface area contributed by atoms with E-state index in [2.05, 4.69) is 5.10 Å². The summed E-state index contributed by atoms with van der Waals surface area (Å²) in [6, 6.07) is 5.82. The van der Waals surface area contributed by atoms with Crippen molar-refractivity contribution in [2.24, 2.45) is 0 Å². The quantitative estimate of drug-likeness (QED) is 0.330. The minimum atomic E-state index is -5.04. The number of carbonyl (C=O) groups excluding carboxylic acids is 3. The molecular formula is C23H16F6N4O5S2. The number of nitrogens with zero attached hydrogens (tertiary/aromatic N) is 3. The smallest absolute Gasteiger partial charge is 0.272 e. The van der Waals surface area contributed by atoms with Crippen LogP contribution in [0.2, 0.25) is 0 Å². The van der Waals surface area contributed by atoms with E-state index in [1.807, 2.05) is 0 Å². The number of hydrogen-bond acceptors (Lipinski definition) is 7. The van der Waals surface area contributed by atoms with E-state index in [1.54, 1.807) is 4.72 Å². The van der Waals surface area contributed by atoms with Crippen LogP contribution in [0.4, 0.5) is 31.1 Å². The molecule has 40 heavy (non-hydrogen) atoms. The zero-order valence-electron chi connectivity index (χ0n) is 20.0. The van der Waals surface area contributed by atoms with Gasteiger partial charge in [-0.05, 0) is 53.2 Å². The lowest BCUT2D eigenvalue weighted by Gasteiger charge is -2.16. The Hall–Kier alpha value is -3.86. The van der Waals surface area contributed by atoms with Crippen molar-refractivity contribution >= 4 is 55.8 Å². The molecule has 3 amide bonds.